The maximum Gasteiger partial charge on any atom is 0.407 e. The lowest BCUT2D eigenvalue weighted by Crippen LogP contribution is -2.55. The molecule has 1 saturated heterocycles. The van der Waals surface area contributed by atoms with Crippen molar-refractivity contribution in [3.63, 3.8) is 0 Å². The van der Waals surface area contributed by atoms with E-state index in [1.807, 2.05) is 30.3 Å². The lowest BCUT2D eigenvalue weighted by molar-refractivity contribution is -0.132. The van der Waals surface area contributed by atoms with Crippen LogP contribution in [0.15, 0.2) is 35.7 Å². The van der Waals surface area contributed by atoms with Crippen molar-refractivity contribution in [3.05, 3.63) is 41.3 Å². The van der Waals surface area contributed by atoms with E-state index >= 15 is 0 Å². The number of methoxy groups -OCH3 is 1. The van der Waals surface area contributed by atoms with Crippen molar-refractivity contribution in [2.45, 2.75) is 32.1 Å². The van der Waals surface area contributed by atoms with E-state index in [2.05, 4.69) is 15.2 Å². The van der Waals surface area contributed by atoms with Crippen molar-refractivity contribution < 1.29 is 23.8 Å². The van der Waals surface area contributed by atoms with Crippen LogP contribution in [0.25, 0.3) is 0 Å². The third-order valence-corrected chi connectivity index (χ3v) is 5.25. The summed E-state index contributed by atoms with van der Waals surface area (Å²) >= 11 is 1.40. The summed E-state index contributed by atoms with van der Waals surface area (Å²) in [4.78, 5) is 29.6. The monoisotopic (exact) mass is 405 g/mol. The minimum absolute atomic E-state index is 0.155. The van der Waals surface area contributed by atoms with Gasteiger partial charge in [0, 0.05) is 27.1 Å². The van der Waals surface area contributed by atoms with Crippen LogP contribution in [0, 0.1) is 0 Å². The summed E-state index contributed by atoms with van der Waals surface area (Å²) in [6.45, 7) is 2.82. The van der Waals surface area contributed by atoms with E-state index in [1.165, 1.54) is 18.3 Å². The first-order chi connectivity index (χ1) is 13.5. The van der Waals surface area contributed by atoms with Crippen LogP contribution in [0.4, 0.5) is 9.93 Å². The molecule has 1 fully saturated rings. The van der Waals surface area contributed by atoms with Gasteiger partial charge in [-0.05, 0) is 12.0 Å². The Labute approximate surface area is 167 Å². The molecule has 2 atom stereocenters. The zero-order valence-corrected chi connectivity index (χ0v) is 16.6. The van der Waals surface area contributed by atoms with Crippen molar-refractivity contribution in [2.24, 2.45) is 0 Å². The van der Waals surface area contributed by atoms with E-state index in [0.29, 0.717) is 25.4 Å². The Morgan fingerprint density at radius 2 is 2.11 bits per heavy atom. The number of hydrogen-bond donors (Lipinski definition) is 1. The molecule has 1 aliphatic heterocycles. The summed E-state index contributed by atoms with van der Waals surface area (Å²) < 4.78 is 15.9. The highest BCUT2D eigenvalue weighted by molar-refractivity contribution is 7.13. The average molecular weight is 405 g/mol. The molecule has 0 spiro atoms. The van der Waals surface area contributed by atoms with Crippen molar-refractivity contribution in [3.8, 4) is 5.88 Å². The topological polar surface area (TPSA) is 90.0 Å². The number of piperidine rings is 1. The van der Waals surface area contributed by atoms with Gasteiger partial charge in [-0.15, -0.1) is 11.3 Å². The van der Waals surface area contributed by atoms with Crippen LogP contribution in [-0.2, 0) is 20.9 Å². The molecule has 1 N–H and O–H groups in total. The maximum absolute atomic E-state index is 12.1. The number of rotatable bonds is 6. The standard InChI is InChI=1S/C19H23N3O5S/c1-13(23)27-17-12-28-18(21-17)22-9-8-15(16(10-22)25-2)20-19(24)26-11-14-6-4-3-5-7-14/h3-7,12,15-16H,8-11H2,1-2H3,(H,20,24). The van der Waals surface area contributed by atoms with Crippen molar-refractivity contribution in [1.82, 2.24) is 10.3 Å². The number of thiazole rings is 1. The number of esters is 1. The van der Waals surface area contributed by atoms with Crippen LogP contribution >= 0.6 is 11.3 Å². The van der Waals surface area contributed by atoms with Gasteiger partial charge in [-0.25, -0.2) is 4.79 Å². The minimum Gasteiger partial charge on any atom is -0.445 e. The number of carbonyl (C=O) groups is 2. The fourth-order valence-electron chi connectivity index (χ4n) is 3.00. The van der Waals surface area contributed by atoms with Crippen LogP contribution in [0.5, 0.6) is 5.88 Å². The molecule has 1 aromatic heterocycles. The lowest BCUT2D eigenvalue weighted by Gasteiger charge is -2.37. The summed E-state index contributed by atoms with van der Waals surface area (Å²) in [6, 6.07) is 9.37. The number of benzene rings is 1. The van der Waals surface area contributed by atoms with Crippen LogP contribution in [0.2, 0.25) is 0 Å². The fraction of sp³-hybridized carbons (Fsp3) is 0.421. The number of nitrogens with one attached hydrogen (secondary N) is 1. The molecule has 3 rings (SSSR count). The Balaban J connectivity index is 1.52. The summed E-state index contributed by atoms with van der Waals surface area (Å²) in [5.74, 6) is -0.102. The van der Waals surface area contributed by atoms with Crippen molar-refractivity contribution in [2.75, 3.05) is 25.1 Å². The van der Waals surface area contributed by atoms with E-state index < -0.39 is 12.1 Å². The number of anilines is 1. The molecule has 0 radical (unpaired) electrons. The van der Waals surface area contributed by atoms with E-state index in [-0.39, 0.29) is 18.8 Å². The molecular formula is C19H23N3O5S. The first-order valence-corrected chi connectivity index (χ1v) is 9.82. The molecule has 150 valence electrons. The lowest BCUT2D eigenvalue weighted by atomic mass is 10.0. The number of carbonyl (C=O) groups excluding carboxylic acids is 2. The third-order valence-electron chi connectivity index (χ3n) is 4.37. The molecule has 28 heavy (non-hydrogen) atoms. The van der Waals surface area contributed by atoms with Crippen LogP contribution in [0.1, 0.15) is 18.9 Å². The Bertz CT molecular complexity index is 798. The largest absolute Gasteiger partial charge is 0.445 e. The van der Waals surface area contributed by atoms with Gasteiger partial charge in [-0.3, -0.25) is 4.79 Å². The molecule has 0 saturated carbocycles. The molecule has 0 aliphatic carbocycles. The Morgan fingerprint density at radius 3 is 2.82 bits per heavy atom. The third kappa shape index (κ3) is 5.43. The number of aromatic nitrogens is 1. The number of ether oxygens (including phenoxy) is 3. The fourth-order valence-corrected chi connectivity index (χ4v) is 3.76. The summed E-state index contributed by atoms with van der Waals surface area (Å²) in [5, 5.41) is 5.35. The highest BCUT2D eigenvalue weighted by Gasteiger charge is 2.32. The molecule has 8 nitrogen and oxygen atoms in total. The van der Waals surface area contributed by atoms with E-state index in [4.69, 9.17) is 14.2 Å². The SMILES string of the molecule is COC1CN(c2nc(OC(C)=O)cs2)CCC1NC(=O)OCc1ccccc1. The molecule has 1 amide bonds. The zero-order valence-electron chi connectivity index (χ0n) is 15.8. The summed E-state index contributed by atoms with van der Waals surface area (Å²) in [6.07, 6.45) is 0.0105. The number of nitrogens with zero attached hydrogens (tertiary/aromatic N) is 2. The quantitative estimate of drug-likeness (QED) is 0.739. The van der Waals surface area contributed by atoms with E-state index in [9.17, 15) is 9.59 Å². The summed E-state index contributed by atoms with van der Waals surface area (Å²) in [5.41, 5.74) is 0.933. The second kappa shape index (κ2) is 9.52. The molecule has 2 aromatic rings. The van der Waals surface area contributed by atoms with Crippen molar-refractivity contribution in [1.29, 1.82) is 0 Å². The molecule has 0 bridgehead atoms. The number of alkyl carbamates (subject to hydrolysis) is 1. The normalized spacial score (nSPS) is 19.1. The van der Waals surface area contributed by atoms with Gasteiger partial charge in [0.25, 0.3) is 0 Å². The van der Waals surface area contributed by atoms with Gasteiger partial charge >= 0.3 is 12.1 Å². The van der Waals surface area contributed by atoms with Gasteiger partial charge in [0.05, 0.1) is 17.5 Å². The molecule has 2 heterocycles. The predicted molar refractivity (Wildman–Crippen MR) is 105 cm³/mol. The predicted octanol–water partition coefficient (Wildman–Crippen LogP) is 2.59. The smallest absolute Gasteiger partial charge is 0.407 e. The van der Waals surface area contributed by atoms with Crippen LogP contribution in [0.3, 0.4) is 0 Å². The van der Waals surface area contributed by atoms with Gasteiger partial charge in [0.2, 0.25) is 5.88 Å². The molecule has 2 unspecified atom stereocenters. The number of amides is 1. The Hall–Kier alpha value is -2.65. The highest BCUT2D eigenvalue weighted by Crippen LogP contribution is 2.28. The average Bonchev–Trinajstić information content (AvgIpc) is 3.15. The van der Waals surface area contributed by atoms with Gasteiger partial charge in [-0.1, -0.05) is 30.3 Å². The van der Waals surface area contributed by atoms with Gasteiger partial charge in [0.15, 0.2) is 5.13 Å². The van der Waals surface area contributed by atoms with Gasteiger partial charge < -0.3 is 24.4 Å². The number of hydrogen-bond acceptors (Lipinski definition) is 8. The van der Waals surface area contributed by atoms with Crippen LogP contribution < -0.4 is 15.0 Å². The maximum atomic E-state index is 12.1. The van der Waals surface area contributed by atoms with E-state index in [1.54, 1.807) is 12.5 Å². The second-order valence-electron chi connectivity index (χ2n) is 6.38. The Morgan fingerprint density at radius 1 is 1.32 bits per heavy atom. The molecule has 1 aromatic carbocycles. The first kappa shape index (κ1) is 20.1. The molecule has 1 aliphatic rings. The van der Waals surface area contributed by atoms with Gasteiger partial charge in [0.1, 0.15) is 6.61 Å². The zero-order chi connectivity index (χ0) is 19.9. The van der Waals surface area contributed by atoms with Crippen molar-refractivity contribution >= 4 is 28.5 Å². The first-order valence-electron chi connectivity index (χ1n) is 8.94. The highest BCUT2D eigenvalue weighted by atomic mass is 32.1. The Kier molecular flexibility index (Phi) is 6.83. The molecular weight excluding hydrogens is 382 g/mol. The van der Waals surface area contributed by atoms with Crippen LogP contribution in [-0.4, -0.2) is 49.4 Å². The minimum atomic E-state index is -0.462. The van der Waals surface area contributed by atoms with Gasteiger partial charge in [-0.2, -0.15) is 4.98 Å². The van der Waals surface area contributed by atoms with E-state index in [0.717, 1.165) is 10.7 Å². The molecule has 9 heteroatoms. The second-order valence-corrected chi connectivity index (χ2v) is 7.22. The summed E-state index contributed by atoms with van der Waals surface area (Å²) in [7, 11) is 1.62.